The van der Waals surface area contributed by atoms with Gasteiger partial charge in [-0.2, -0.15) is 0 Å². The van der Waals surface area contributed by atoms with Crippen LogP contribution in [0.4, 0.5) is 5.82 Å². The molecule has 0 aliphatic carbocycles. The summed E-state index contributed by atoms with van der Waals surface area (Å²) >= 11 is 6.04. The Labute approximate surface area is 103 Å². The standard InChI is InChI=1S/C13H19ClN2/c1-9-4-5-16(8-9)13-12(7-14)10(2)6-11(3)15-13/h6,9H,4-5,7-8H2,1-3H3. The zero-order chi connectivity index (χ0) is 11.7. The lowest BCUT2D eigenvalue weighted by Gasteiger charge is -2.21. The van der Waals surface area contributed by atoms with Gasteiger partial charge in [0.2, 0.25) is 0 Å². The van der Waals surface area contributed by atoms with Crippen LogP contribution >= 0.6 is 11.6 Å². The molecule has 1 aliphatic heterocycles. The maximum atomic E-state index is 6.04. The Hall–Kier alpha value is -0.760. The smallest absolute Gasteiger partial charge is 0.133 e. The van der Waals surface area contributed by atoms with Crippen LogP contribution in [0, 0.1) is 19.8 Å². The molecule has 1 atom stereocenters. The van der Waals surface area contributed by atoms with Gasteiger partial charge in [0.1, 0.15) is 5.82 Å². The van der Waals surface area contributed by atoms with Gasteiger partial charge in [-0.15, -0.1) is 11.6 Å². The molecule has 1 fully saturated rings. The highest BCUT2D eigenvalue weighted by Crippen LogP contribution is 2.28. The first-order valence-corrected chi connectivity index (χ1v) is 6.43. The van der Waals surface area contributed by atoms with E-state index in [1.807, 2.05) is 6.92 Å². The lowest BCUT2D eigenvalue weighted by Crippen LogP contribution is -2.22. The summed E-state index contributed by atoms with van der Waals surface area (Å²) in [6, 6.07) is 2.11. The third-order valence-corrected chi connectivity index (χ3v) is 3.58. The van der Waals surface area contributed by atoms with Crippen LogP contribution in [0.15, 0.2) is 6.07 Å². The average molecular weight is 239 g/mol. The van der Waals surface area contributed by atoms with Gasteiger partial charge in [0.15, 0.2) is 0 Å². The van der Waals surface area contributed by atoms with Crippen molar-refractivity contribution in [2.24, 2.45) is 5.92 Å². The van der Waals surface area contributed by atoms with Crippen molar-refractivity contribution in [3.05, 3.63) is 22.9 Å². The van der Waals surface area contributed by atoms with E-state index in [9.17, 15) is 0 Å². The van der Waals surface area contributed by atoms with E-state index >= 15 is 0 Å². The molecule has 2 rings (SSSR count). The summed E-state index contributed by atoms with van der Waals surface area (Å²) in [6.45, 7) is 8.69. The fraction of sp³-hybridized carbons (Fsp3) is 0.615. The number of halogens is 1. The molecule has 0 amide bonds. The van der Waals surface area contributed by atoms with E-state index < -0.39 is 0 Å². The number of aryl methyl sites for hydroxylation is 2. The largest absolute Gasteiger partial charge is 0.356 e. The maximum absolute atomic E-state index is 6.04. The van der Waals surface area contributed by atoms with Crippen molar-refractivity contribution in [1.29, 1.82) is 0 Å². The molecule has 1 aromatic rings. The monoisotopic (exact) mass is 238 g/mol. The SMILES string of the molecule is Cc1cc(C)c(CCl)c(N2CCC(C)C2)n1. The summed E-state index contributed by atoms with van der Waals surface area (Å²) in [6.07, 6.45) is 1.26. The van der Waals surface area contributed by atoms with Crippen molar-refractivity contribution in [2.45, 2.75) is 33.1 Å². The van der Waals surface area contributed by atoms with Gasteiger partial charge in [0.25, 0.3) is 0 Å². The number of nitrogens with zero attached hydrogens (tertiary/aromatic N) is 2. The number of aromatic nitrogens is 1. The third kappa shape index (κ3) is 2.17. The molecule has 88 valence electrons. The third-order valence-electron chi connectivity index (χ3n) is 3.31. The summed E-state index contributed by atoms with van der Waals surface area (Å²) in [7, 11) is 0. The molecule has 1 saturated heterocycles. The highest BCUT2D eigenvalue weighted by Gasteiger charge is 2.22. The molecular weight excluding hydrogens is 220 g/mol. The van der Waals surface area contributed by atoms with E-state index in [1.54, 1.807) is 0 Å². The van der Waals surface area contributed by atoms with Crippen LogP contribution in [0.5, 0.6) is 0 Å². The van der Waals surface area contributed by atoms with E-state index in [-0.39, 0.29) is 0 Å². The fourth-order valence-electron chi connectivity index (χ4n) is 2.40. The minimum absolute atomic E-state index is 0.555. The Balaban J connectivity index is 2.38. The van der Waals surface area contributed by atoms with Crippen molar-refractivity contribution in [3.8, 4) is 0 Å². The van der Waals surface area contributed by atoms with Gasteiger partial charge in [-0.3, -0.25) is 0 Å². The molecule has 0 spiro atoms. The van der Waals surface area contributed by atoms with Gasteiger partial charge in [0.05, 0.1) is 5.88 Å². The summed E-state index contributed by atoms with van der Waals surface area (Å²) in [4.78, 5) is 7.04. The topological polar surface area (TPSA) is 16.1 Å². The summed E-state index contributed by atoms with van der Waals surface area (Å²) < 4.78 is 0. The summed E-state index contributed by atoms with van der Waals surface area (Å²) in [5, 5.41) is 0. The lowest BCUT2D eigenvalue weighted by atomic mass is 10.1. The number of hydrogen-bond donors (Lipinski definition) is 0. The number of rotatable bonds is 2. The van der Waals surface area contributed by atoms with Crippen LogP contribution in [0.1, 0.15) is 30.2 Å². The number of anilines is 1. The van der Waals surface area contributed by atoms with Gasteiger partial charge in [0, 0.05) is 24.3 Å². The molecule has 1 aliphatic rings. The summed E-state index contributed by atoms with van der Waals surface area (Å²) in [5.41, 5.74) is 3.54. The highest BCUT2D eigenvalue weighted by atomic mass is 35.5. The molecule has 3 heteroatoms. The van der Waals surface area contributed by atoms with E-state index in [0.29, 0.717) is 5.88 Å². The van der Waals surface area contributed by atoms with Crippen LogP contribution in [0.25, 0.3) is 0 Å². The zero-order valence-corrected chi connectivity index (χ0v) is 11.0. The van der Waals surface area contributed by atoms with Crippen molar-refractivity contribution in [2.75, 3.05) is 18.0 Å². The lowest BCUT2D eigenvalue weighted by molar-refractivity contribution is 0.658. The minimum atomic E-state index is 0.555. The van der Waals surface area contributed by atoms with E-state index in [2.05, 4.69) is 29.8 Å². The molecule has 0 aromatic carbocycles. The quantitative estimate of drug-likeness (QED) is 0.736. The van der Waals surface area contributed by atoms with Gasteiger partial charge in [-0.25, -0.2) is 4.98 Å². The Bertz CT molecular complexity index is 390. The fourth-order valence-corrected chi connectivity index (χ4v) is 2.73. The van der Waals surface area contributed by atoms with Crippen molar-refractivity contribution >= 4 is 17.4 Å². The zero-order valence-electron chi connectivity index (χ0n) is 10.3. The van der Waals surface area contributed by atoms with E-state index in [1.165, 1.54) is 17.5 Å². The molecule has 2 nitrogen and oxygen atoms in total. The normalized spacial score (nSPS) is 20.5. The number of alkyl halides is 1. The molecule has 0 bridgehead atoms. The molecule has 0 radical (unpaired) electrons. The average Bonchev–Trinajstić information content (AvgIpc) is 2.63. The first kappa shape index (κ1) is 11.7. The maximum Gasteiger partial charge on any atom is 0.133 e. The minimum Gasteiger partial charge on any atom is -0.356 e. The van der Waals surface area contributed by atoms with Crippen molar-refractivity contribution in [3.63, 3.8) is 0 Å². The predicted molar refractivity (Wildman–Crippen MR) is 69.3 cm³/mol. The molecule has 16 heavy (non-hydrogen) atoms. The Morgan fingerprint density at radius 2 is 2.25 bits per heavy atom. The van der Waals surface area contributed by atoms with Crippen LogP contribution in [0.2, 0.25) is 0 Å². The van der Waals surface area contributed by atoms with Gasteiger partial charge >= 0.3 is 0 Å². The number of pyridine rings is 1. The second kappa shape index (κ2) is 4.62. The first-order chi connectivity index (χ1) is 7.61. The highest BCUT2D eigenvalue weighted by molar-refractivity contribution is 6.17. The van der Waals surface area contributed by atoms with Crippen LogP contribution in [-0.4, -0.2) is 18.1 Å². The van der Waals surface area contributed by atoms with Crippen molar-refractivity contribution in [1.82, 2.24) is 4.98 Å². The predicted octanol–water partition coefficient (Wildman–Crippen LogP) is 3.28. The van der Waals surface area contributed by atoms with E-state index in [0.717, 1.165) is 30.5 Å². The molecule has 2 heterocycles. The molecule has 0 N–H and O–H groups in total. The van der Waals surface area contributed by atoms with E-state index in [4.69, 9.17) is 11.6 Å². The molecule has 1 unspecified atom stereocenters. The second-order valence-corrected chi connectivity index (χ2v) is 5.12. The first-order valence-electron chi connectivity index (χ1n) is 5.90. The molecule has 1 aromatic heterocycles. The second-order valence-electron chi connectivity index (χ2n) is 4.86. The Morgan fingerprint density at radius 3 is 2.81 bits per heavy atom. The van der Waals surface area contributed by atoms with Crippen molar-refractivity contribution < 1.29 is 0 Å². The van der Waals surface area contributed by atoms with Crippen LogP contribution in [-0.2, 0) is 5.88 Å². The van der Waals surface area contributed by atoms with Gasteiger partial charge < -0.3 is 4.90 Å². The van der Waals surface area contributed by atoms with Crippen LogP contribution < -0.4 is 4.90 Å². The molecule has 0 saturated carbocycles. The van der Waals surface area contributed by atoms with Gasteiger partial charge in [-0.1, -0.05) is 6.92 Å². The Kier molecular flexibility index (Phi) is 3.38. The van der Waals surface area contributed by atoms with Gasteiger partial charge in [-0.05, 0) is 37.8 Å². The molecular formula is C13H19ClN2. The number of hydrogen-bond acceptors (Lipinski definition) is 2. The summed E-state index contributed by atoms with van der Waals surface area (Å²) in [5.74, 6) is 2.43. The Morgan fingerprint density at radius 1 is 1.50 bits per heavy atom. The van der Waals surface area contributed by atoms with Crippen LogP contribution in [0.3, 0.4) is 0 Å².